The molecule has 0 aliphatic rings. The number of benzene rings is 1. The van der Waals surface area contributed by atoms with E-state index in [2.05, 4.69) is 34.8 Å². The maximum Gasteiger partial charge on any atom is 0.141 e. The number of ether oxygens (including phenoxy) is 1. The van der Waals surface area contributed by atoms with Gasteiger partial charge in [-0.3, -0.25) is 10.4 Å². The van der Waals surface area contributed by atoms with Gasteiger partial charge in [-0.15, -0.1) is 0 Å². The van der Waals surface area contributed by atoms with Crippen LogP contribution in [-0.2, 0) is 0 Å². The Kier molecular flexibility index (Phi) is 4.39. The zero-order valence-electron chi connectivity index (χ0n) is 11.4. The summed E-state index contributed by atoms with van der Waals surface area (Å²) in [4.78, 5) is 4.02. The predicted octanol–water partition coefficient (Wildman–Crippen LogP) is 4.04. The molecule has 1 aromatic carbocycles. The molecule has 104 valence electrons. The fourth-order valence-corrected chi connectivity index (χ4v) is 2.19. The molecule has 0 radical (unpaired) electrons. The third-order valence-electron chi connectivity index (χ3n) is 2.83. The van der Waals surface area contributed by atoms with Crippen molar-refractivity contribution in [2.45, 2.75) is 19.8 Å². The fourth-order valence-electron chi connectivity index (χ4n) is 1.81. The largest absolute Gasteiger partial charge is 0.457 e. The van der Waals surface area contributed by atoms with E-state index < -0.39 is 0 Å². The van der Waals surface area contributed by atoms with Crippen LogP contribution in [0.1, 0.15) is 31.0 Å². The summed E-state index contributed by atoms with van der Waals surface area (Å²) in [7, 11) is 0. The first kappa shape index (κ1) is 14.5. The van der Waals surface area contributed by atoms with E-state index >= 15 is 0 Å². The average Bonchev–Trinajstić information content (AvgIpc) is 2.41. The Morgan fingerprint density at radius 1 is 1.30 bits per heavy atom. The van der Waals surface area contributed by atoms with Gasteiger partial charge in [-0.1, -0.05) is 29.8 Å². The number of nitrogen functional groups attached to an aromatic ring is 1. The number of amidine groups is 1. The van der Waals surface area contributed by atoms with Crippen LogP contribution in [0.5, 0.6) is 11.5 Å². The van der Waals surface area contributed by atoms with Crippen molar-refractivity contribution >= 4 is 21.8 Å². The Balaban J connectivity index is 2.35. The van der Waals surface area contributed by atoms with Crippen molar-refractivity contribution in [1.29, 1.82) is 5.41 Å². The first-order valence-electron chi connectivity index (χ1n) is 6.25. The summed E-state index contributed by atoms with van der Waals surface area (Å²) < 4.78 is 6.92. The number of nitrogens with zero attached hydrogens (tertiary/aromatic N) is 1. The zero-order valence-corrected chi connectivity index (χ0v) is 12.9. The topological polar surface area (TPSA) is 72.0 Å². The monoisotopic (exact) mass is 333 g/mol. The molecule has 1 heterocycles. The lowest BCUT2D eigenvalue weighted by Gasteiger charge is -2.14. The Bertz CT molecular complexity index is 641. The van der Waals surface area contributed by atoms with Crippen molar-refractivity contribution in [3.05, 3.63) is 52.3 Å². The maximum absolute atomic E-state index is 7.40. The maximum atomic E-state index is 7.40. The van der Waals surface area contributed by atoms with Gasteiger partial charge in [0.1, 0.15) is 23.0 Å². The van der Waals surface area contributed by atoms with Crippen LogP contribution in [0.2, 0.25) is 0 Å². The number of nitrogens with one attached hydrogen (secondary N) is 1. The van der Waals surface area contributed by atoms with Crippen molar-refractivity contribution in [3.63, 3.8) is 0 Å². The van der Waals surface area contributed by atoms with Gasteiger partial charge >= 0.3 is 0 Å². The lowest BCUT2D eigenvalue weighted by Crippen LogP contribution is -2.12. The highest BCUT2D eigenvalue weighted by molar-refractivity contribution is 9.10. The highest BCUT2D eigenvalue weighted by Gasteiger charge is 2.10. The number of hydrogen-bond acceptors (Lipinski definition) is 3. The molecule has 0 aliphatic heterocycles. The third-order valence-corrected chi connectivity index (χ3v) is 3.32. The van der Waals surface area contributed by atoms with Gasteiger partial charge in [0.2, 0.25) is 0 Å². The number of halogens is 1. The summed E-state index contributed by atoms with van der Waals surface area (Å²) in [5.74, 6) is 1.69. The van der Waals surface area contributed by atoms with Gasteiger partial charge < -0.3 is 10.5 Å². The van der Waals surface area contributed by atoms with Gasteiger partial charge in [-0.05, 0) is 35.7 Å². The molecular weight excluding hydrogens is 318 g/mol. The molecule has 0 bridgehead atoms. The number of nitrogens with two attached hydrogens (primary N) is 1. The predicted molar refractivity (Wildman–Crippen MR) is 83.6 cm³/mol. The van der Waals surface area contributed by atoms with Crippen LogP contribution in [0.4, 0.5) is 0 Å². The molecule has 0 saturated carbocycles. The molecule has 3 N–H and O–H groups in total. The first-order valence-corrected chi connectivity index (χ1v) is 7.04. The van der Waals surface area contributed by atoms with E-state index in [0.29, 0.717) is 17.4 Å². The molecule has 2 aromatic rings. The second-order valence-electron chi connectivity index (χ2n) is 4.73. The molecular formula is C15H16BrN3O. The lowest BCUT2D eigenvalue weighted by atomic mass is 10.0. The van der Waals surface area contributed by atoms with Crippen LogP contribution in [0.3, 0.4) is 0 Å². The van der Waals surface area contributed by atoms with Crippen molar-refractivity contribution in [2.75, 3.05) is 0 Å². The van der Waals surface area contributed by atoms with Gasteiger partial charge in [0.25, 0.3) is 0 Å². The van der Waals surface area contributed by atoms with Crippen LogP contribution in [0, 0.1) is 5.41 Å². The lowest BCUT2D eigenvalue weighted by molar-refractivity contribution is 0.472. The summed E-state index contributed by atoms with van der Waals surface area (Å²) in [6.07, 6.45) is 1.58. The normalized spacial score (nSPS) is 10.6. The number of hydrogen-bond donors (Lipinski definition) is 2. The van der Waals surface area contributed by atoms with Crippen molar-refractivity contribution in [2.24, 2.45) is 5.73 Å². The second kappa shape index (κ2) is 6.05. The molecule has 0 atom stereocenters. The van der Waals surface area contributed by atoms with Crippen molar-refractivity contribution in [3.8, 4) is 11.5 Å². The summed E-state index contributed by atoms with van der Waals surface area (Å²) in [6, 6.07) is 9.32. The van der Waals surface area contributed by atoms with E-state index in [1.54, 1.807) is 18.3 Å². The molecule has 5 heteroatoms. The van der Waals surface area contributed by atoms with E-state index in [1.807, 2.05) is 18.2 Å². The molecule has 0 fully saturated rings. The molecule has 0 aliphatic carbocycles. The van der Waals surface area contributed by atoms with E-state index in [0.717, 1.165) is 15.8 Å². The molecule has 20 heavy (non-hydrogen) atoms. The van der Waals surface area contributed by atoms with Gasteiger partial charge in [0.15, 0.2) is 0 Å². The van der Waals surface area contributed by atoms with Crippen LogP contribution in [-0.4, -0.2) is 10.8 Å². The Morgan fingerprint density at radius 2 is 2.05 bits per heavy atom. The zero-order chi connectivity index (χ0) is 14.7. The Labute approximate surface area is 126 Å². The quantitative estimate of drug-likeness (QED) is 0.655. The Hall–Kier alpha value is -1.88. The molecule has 0 saturated heterocycles. The average molecular weight is 334 g/mol. The summed E-state index contributed by atoms with van der Waals surface area (Å²) >= 11 is 3.47. The van der Waals surface area contributed by atoms with Gasteiger partial charge in [-0.2, -0.15) is 0 Å². The third kappa shape index (κ3) is 3.36. The fraction of sp³-hybridized carbons (Fsp3) is 0.200. The number of rotatable bonds is 4. The molecule has 0 spiro atoms. The first-order chi connectivity index (χ1) is 9.47. The van der Waals surface area contributed by atoms with Crippen LogP contribution < -0.4 is 10.5 Å². The molecule has 1 aromatic heterocycles. The van der Waals surface area contributed by atoms with Crippen LogP contribution >= 0.6 is 15.9 Å². The highest BCUT2D eigenvalue weighted by Crippen LogP contribution is 2.32. The van der Waals surface area contributed by atoms with Gasteiger partial charge in [0.05, 0.1) is 0 Å². The van der Waals surface area contributed by atoms with E-state index in [4.69, 9.17) is 15.9 Å². The highest BCUT2D eigenvalue weighted by atomic mass is 79.9. The molecule has 2 rings (SSSR count). The van der Waals surface area contributed by atoms with E-state index in [-0.39, 0.29) is 5.84 Å². The second-order valence-corrected chi connectivity index (χ2v) is 5.65. The van der Waals surface area contributed by atoms with Crippen LogP contribution in [0.15, 0.2) is 41.0 Å². The standard InChI is InChI=1S/C15H16BrN3O/c1-9(2)12-7-10(16)3-4-14(12)20-11-5-6-19-13(8-11)15(17)18/h3-9H,1-2H3,(H3,17,18). The minimum Gasteiger partial charge on any atom is -0.457 e. The van der Waals surface area contributed by atoms with Gasteiger partial charge in [0, 0.05) is 16.7 Å². The van der Waals surface area contributed by atoms with Gasteiger partial charge in [-0.25, -0.2) is 0 Å². The van der Waals surface area contributed by atoms with Crippen molar-refractivity contribution < 1.29 is 4.74 Å². The number of aromatic nitrogens is 1. The van der Waals surface area contributed by atoms with E-state index in [1.165, 1.54) is 0 Å². The summed E-state index contributed by atoms with van der Waals surface area (Å²) in [6.45, 7) is 4.23. The minimum atomic E-state index is -0.0738. The van der Waals surface area contributed by atoms with Crippen LogP contribution in [0.25, 0.3) is 0 Å². The molecule has 4 nitrogen and oxygen atoms in total. The van der Waals surface area contributed by atoms with E-state index in [9.17, 15) is 0 Å². The number of pyridine rings is 1. The molecule has 0 unspecified atom stereocenters. The smallest absolute Gasteiger partial charge is 0.141 e. The Morgan fingerprint density at radius 3 is 2.70 bits per heavy atom. The summed E-state index contributed by atoms with van der Waals surface area (Å²) in [5.41, 5.74) is 6.95. The SMILES string of the molecule is CC(C)c1cc(Br)ccc1Oc1ccnc(C(=N)N)c1. The molecule has 0 amide bonds. The van der Waals surface area contributed by atoms with Crippen molar-refractivity contribution in [1.82, 2.24) is 4.98 Å². The minimum absolute atomic E-state index is 0.0738. The summed E-state index contributed by atoms with van der Waals surface area (Å²) in [5, 5.41) is 7.40.